The van der Waals surface area contributed by atoms with Crippen LogP contribution in [0.1, 0.15) is 5.56 Å². The van der Waals surface area contributed by atoms with Gasteiger partial charge in [-0.2, -0.15) is 0 Å². The summed E-state index contributed by atoms with van der Waals surface area (Å²) in [5, 5.41) is 0. The molecule has 1 aromatic carbocycles. The highest BCUT2D eigenvalue weighted by Gasteiger charge is 2.12. The van der Waals surface area contributed by atoms with Crippen molar-refractivity contribution in [2.75, 3.05) is 6.54 Å². The molecule has 3 nitrogen and oxygen atoms in total. The first-order chi connectivity index (χ1) is 9.81. The molecule has 0 aliphatic heterocycles. The van der Waals surface area contributed by atoms with Crippen molar-refractivity contribution in [3.63, 3.8) is 0 Å². The summed E-state index contributed by atoms with van der Waals surface area (Å²) in [5.41, 5.74) is 9.31. The predicted molar refractivity (Wildman–Crippen MR) is 81.9 cm³/mol. The predicted octanol–water partition coefficient (Wildman–Crippen LogP) is 2.47. The average Bonchev–Trinajstić information content (AvgIpc) is 2.49. The van der Waals surface area contributed by atoms with Gasteiger partial charge in [0.05, 0.1) is 5.56 Å². The van der Waals surface area contributed by atoms with Crippen molar-refractivity contribution in [1.29, 1.82) is 0 Å². The molecule has 0 bridgehead atoms. The van der Waals surface area contributed by atoms with Crippen LogP contribution in [0.5, 0.6) is 0 Å². The number of hydrogen-bond acceptors (Lipinski definition) is 2. The second-order valence-electron chi connectivity index (χ2n) is 4.75. The van der Waals surface area contributed by atoms with E-state index in [9.17, 15) is 4.79 Å². The molecule has 0 fully saturated rings. The van der Waals surface area contributed by atoms with E-state index in [1.807, 2.05) is 48.5 Å². The number of nitrogens with zero attached hydrogens (tertiary/aromatic N) is 1. The van der Waals surface area contributed by atoms with Gasteiger partial charge in [-0.05, 0) is 42.3 Å². The maximum absolute atomic E-state index is 12.7. The van der Waals surface area contributed by atoms with E-state index in [2.05, 4.69) is 6.07 Å². The molecule has 0 amide bonds. The first-order valence-electron chi connectivity index (χ1n) is 6.70. The lowest BCUT2D eigenvalue weighted by Gasteiger charge is -2.11. The van der Waals surface area contributed by atoms with E-state index in [1.54, 1.807) is 10.6 Å². The van der Waals surface area contributed by atoms with Crippen molar-refractivity contribution >= 4 is 5.52 Å². The van der Waals surface area contributed by atoms with Gasteiger partial charge in [0.15, 0.2) is 0 Å². The van der Waals surface area contributed by atoms with E-state index in [-0.39, 0.29) is 5.56 Å². The Labute approximate surface area is 117 Å². The Hall–Kier alpha value is -2.39. The highest BCUT2D eigenvalue weighted by molar-refractivity contribution is 5.69. The molecule has 2 aromatic heterocycles. The fourth-order valence-corrected chi connectivity index (χ4v) is 2.53. The summed E-state index contributed by atoms with van der Waals surface area (Å²) in [6.45, 7) is 0.530. The topological polar surface area (TPSA) is 47.5 Å². The van der Waals surface area contributed by atoms with Gasteiger partial charge in [0, 0.05) is 11.7 Å². The summed E-state index contributed by atoms with van der Waals surface area (Å²) in [6, 6.07) is 17.6. The highest BCUT2D eigenvalue weighted by Crippen LogP contribution is 2.21. The number of hydrogen-bond donors (Lipinski definition) is 1. The smallest absolute Gasteiger partial charge is 0.263 e. The summed E-state index contributed by atoms with van der Waals surface area (Å²) in [6.07, 6.45) is 2.50. The van der Waals surface area contributed by atoms with Crippen LogP contribution in [0.4, 0.5) is 0 Å². The van der Waals surface area contributed by atoms with Gasteiger partial charge >= 0.3 is 0 Å². The van der Waals surface area contributed by atoms with Gasteiger partial charge in [0.2, 0.25) is 0 Å². The number of aromatic nitrogens is 1. The first-order valence-corrected chi connectivity index (χ1v) is 6.70. The second-order valence-corrected chi connectivity index (χ2v) is 4.75. The van der Waals surface area contributed by atoms with Crippen molar-refractivity contribution in [3.8, 4) is 11.1 Å². The van der Waals surface area contributed by atoms with Crippen LogP contribution < -0.4 is 11.3 Å². The molecule has 20 heavy (non-hydrogen) atoms. The Bertz CT molecular complexity index is 791. The lowest BCUT2D eigenvalue weighted by atomic mass is 9.99. The Morgan fingerprint density at radius 2 is 1.75 bits per heavy atom. The molecule has 0 unspecified atom stereocenters. The minimum absolute atomic E-state index is 0.0118. The third-order valence-corrected chi connectivity index (χ3v) is 3.44. The molecule has 2 heterocycles. The van der Waals surface area contributed by atoms with E-state index in [4.69, 9.17) is 5.73 Å². The normalized spacial score (nSPS) is 10.8. The molecule has 2 N–H and O–H groups in total. The highest BCUT2D eigenvalue weighted by atomic mass is 16.1. The van der Waals surface area contributed by atoms with E-state index in [1.165, 1.54) is 0 Å². The Morgan fingerprint density at radius 1 is 1.00 bits per heavy atom. The summed E-state index contributed by atoms with van der Waals surface area (Å²) in [5.74, 6) is 0. The SMILES string of the molecule is NCCc1cc2ccccn2c(=O)c1-c1ccccc1. The summed E-state index contributed by atoms with van der Waals surface area (Å²) in [7, 11) is 0. The zero-order chi connectivity index (χ0) is 13.9. The Kier molecular flexibility index (Phi) is 3.35. The van der Waals surface area contributed by atoms with Gasteiger partial charge in [0.1, 0.15) is 0 Å². The van der Waals surface area contributed by atoms with Crippen LogP contribution in [-0.4, -0.2) is 10.9 Å². The molecule has 0 radical (unpaired) electrons. The van der Waals surface area contributed by atoms with E-state index >= 15 is 0 Å². The fraction of sp³-hybridized carbons (Fsp3) is 0.118. The van der Waals surface area contributed by atoms with Crippen LogP contribution in [0.3, 0.4) is 0 Å². The Morgan fingerprint density at radius 3 is 2.50 bits per heavy atom. The van der Waals surface area contributed by atoms with Crippen LogP contribution >= 0.6 is 0 Å². The molecule has 3 rings (SSSR count). The van der Waals surface area contributed by atoms with Gasteiger partial charge in [-0.25, -0.2) is 0 Å². The molecule has 0 aliphatic carbocycles. The number of fused-ring (bicyclic) bond motifs is 1. The number of benzene rings is 1. The number of pyridine rings is 2. The maximum atomic E-state index is 12.7. The van der Waals surface area contributed by atoms with Crippen molar-refractivity contribution in [3.05, 3.63) is 76.7 Å². The largest absolute Gasteiger partial charge is 0.330 e. The van der Waals surface area contributed by atoms with Crippen molar-refractivity contribution in [2.24, 2.45) is 5.73 Å². The van der Waals surface area contributed by atoms with Crippen LogP contribution in [0.15, 0.2) is 65.6 Å². The quantitative estimate of drug-likeness (QED) is 0.790. The first kappa shape index (κ1) is 12.6. The van der Waals surface area contributed by atoms with E-state index in [0.29, 0.717) is 13.0 Å². The van der Waals surface area contributed by atoms with Crippen LogP contribution in [0.2, 0.25) is 0 Å². The molecular formula is C17H16N2O. The third kappa shape index (κ3) is 2.12. The molecule has 3 heteroatoms. The molecule has 0 saturated heterocycles. The summed E-state index contributed by atoms with van der Waals surface area (Å²) < 4.78 is 1.68. The molecule has 0 aliphatic rings. The minimum Gasteiger partial charge on any atom is -0.330 e. The zero-order valence-electron chi connectivity index (χ0n) is 11.1. The van der Waals surface area contributed by atoms with Gasteiger partial charge in [-0.15, -0.1) is 0 Å². The molecule has 0 spiro atoms. The van der Waals surface area contributed by atoms with Crippen LogP contribution in [-0.2, 0) is 6.42 Å². The summed E-state index contributed by atoms with van der Waals surface area (Å²) >= 11 is 0. The standard InChI is InChI=1S/C17H16N2O/c18-10-9-14-12-15-8-4-5-11-19(15)17(20)16(14)13-6-2-1-3-7-13/h1-8,11-12H,9-10,18H2. The monoisotopic (exact) mass is 264 g/mol. The van der Waals surface area contributed by atoms with Gasteiger partial charge in [-0.1, -0.05) is 36.4 Å². The second kappa shape index (κ2) is 5.31. The average molecular weight is 264 g/mol. The van der Waals surface area contributed by atoms with Crippen LogP contribution in [0, 0.1) is 0 Å². The van der Waals surface area contributed by atoms with Gasteiger partial charge in [0.25, 0.3) is 5.56 Å². The number of nitrogens with two attached hydrogens (primary N) is 1. The van der Waals surface area contributed by atoms with Gasteiger partial charge < -0.3 is 5.73 Å². The lowest BCUT2D eigenvalue weighted by molar-refractivity contribution is 0.957. The van der Waals surface area contributed by atoms with Crippen LogP contribution in [0.25, 0.3) is 16.6 Å². The molecule has 100 valence electrons. The third-order valence-electron chi connectivity index (χ3n) is 3.44. The fourth-order valence-electron chi connectivity index (χ4n) is 2.53. The van der Waals surface area contributed by atoms with E-state index in [0.717, 1.165) is 22.2 Å². The van der Waals surface area contributed by atoms with Gasteiger partial charge in [-0.3, -0.25) is 9.20 Å². The molecule has 0 atom stereocenters. The van der Waals surface area contributed by atoms with Crippen molar-refractivity contribution < 1.29 is 0 Å². The summed E-state index contributed by atoms with van der Waals surface area (Å²) in [4.78, 5) is 12.7. The number of rotatable bonds is 3. The molecular weight excluding hydrogens is 248 g/mol. The Balaban J connectivity index is 2.36. The molecule has 0 saturated carbocycles. The zero-order valence-corrected chi connectivity index (χ0v) is 11.1. The van der Waals surface area contributed by atoms with Crippen molar-refractivity contribution in [2.45, 2.75) is 6.42 Å². The minimum atomic E-state index is 0.0118. The maximum Gasteiger partial charge on any atom is 0.263 e. The van der Waals surface area contributed by atoms with E-state index < -0.39 is 0 Å². The van der Waals surface area contributed by atoms with Crippen molar-refractivity contribution in [1.82, 2.24) is 4.40 Å². The lowest BCUT2D eigenvalue weighted by Crippen LogP contribution is -2.19. The molecule has 3 aromatic rings.